The highest BCUT2D eigenvalue weighted by Gasteiger charge is 2.16. The van der Waals surface area contributed by atoms with Gasteiger partial charge in [0.1, 0.15) is 4.91 Å². The van der Waals surface area contributed by atoms with Gasteiger partial charge in [-0.15, -0.1) is 10.2 Å². The van der Waals surface area contributed by atoms with Crippen LogP contribution in [0, 0.1) is 0 Å². The van der Waals surface area contributed by atoms with Gasteiger partial charge in [-0.2, -0.15) is 0 Å². The number of rotatable bonds is 8. The highest BCUT2D eigenvalue weighted by molar-refractivity contribution is 9.10. The lowest BCUT2D eigenvalue weighted by atomic mass is 10.2. The number of carboxylic acid groups (broad SMARTS) is 1. The fraction of sp³-hybridized carbons (Fsp3) is 0.312. The molecule has 1 aromatic carbocycles. The van der Waals surface area contributed by atoms with E-state index in [2.05, 4.69) is 26.1 Å². The van der Waals surface area contributed by atoms with Crippen molar-refractivity contribution in [2.24, 2.45) is 0 Å². The number of aliphatic carboxylic acids is 1. The smallest absolute Gasteiger partial charge is 0.342 e. The Bertz CT molecular complexity index is 791. The zero-order valence-corrected chi connectivity index (χ0v) is 16.3. The highest BCUT2D eigenvalue weighted by Crippen LogP contribution is 2.38. The SMILES string of the molecule is CCOc1c(Br)cc(/C=C(\Sc2nnc(CC)o2)C(=O)O)cc1OC. The molecule has 0 saturated heterocycles. The van der Waals surface area contributed by atoms with Crippen molar-refractivity contribution in [3.63, 3.8) is 0 Å². The fourth-order valence-corrected chi connectivity index (χ4v) is 3.17. The van der Waals surface area contributed by atoms with Crippen molar-refractivity contribution in [2.75, 3.05) is 13.7 Å². The largest absolute Gasteiger partial charge is 0.493 e. The molecule has 2 rings (SSSR count). The van der Waals surface area contributed by atoms with Crippen molar-refractivity contribution in [1.29, 1.82) is 0 Å². The van der Waals surface area contributed by atoms with Crippen LogP contribution in [0.5, 0.6) is 11.5 Å². The molecule has 0 aliphatic heterocycles. The minimum atomic E-state index is -1.09. The predicted octanol–water partition coefficient (Wildman–Crippen LogP) is 4.02. The molecule has 1 aromatic heterocycles. The van der Waals surface area contributed by atoms with Crippen LogP contribution < -0.4 is 9.47 Å². The van der Waals surface area contributed by atoms with Gasteiger partial charge in [-0.05, 0) is 58.4 Å². The number of benzene rings is 1. The van der Waals surface area contributed by atoms with Crippen molar-refractivity contribution in [3.8, 4) is 11.5 Å². The lowest BCUT2D eigenvalue weighted by Gasteiger charge is -2.12. The Kier molecular flexibility index (Phi) is 6.89. The Morgan fingerprint density at radius 3 is 2.72 bits per heavy atom. The summed E-state index contributed by atoms with van der Waals surface area (Å²) in [6.07, 6.45) is 2.09. The summed E-state index contributed by atoms with van der Waals surface area (Å²) in [6.45, 7) is 4.23. The number of carbonyl (C=O) groups is 1. The first-order valence-electron chi connectivity index (χ1n) is 7.44. The molecule has 1 heterocycles. The first-order chi connectivity index (χ1) is 12.0. The molecule has 1 N–H and O–H groups in total. The Morgan fingerprint density at radius 1 is 1.40 bits per heavy atom. The van der Waals surface area contributed by atoms with Crippen molar-refractivity contribution >= 4 is 39.7 Å². The van der Waals surface area contributed by atoms with E-state index < -0.39 is 5.97 Å². The number of nitrogens with zero attached hydrogens (tertiary/aromatic N) is 2. The average Bonchev–Trinajstić information content (AvgIpc) is 3.04. The molecule has 0 spiro atoms. The van der Waals surface area contributed by atoms with E-state index in [9.17, 15) is 9.90 Å². The molecule has 134 valence electrons. The standard InChI is InChI=1S/C16H17BrN2O5S/c1-4-13-18-19-16(24-13)25-12(15(20)21)8-9-6-10(17)14(23-5-2)11(7-9)22-3/h6-8H,4-5H2,1-3H3,(H,20,21)/b12-8-. The summed E-state index contributed by atoms with van der Waals surface area (Å²) in [7, 11) is 1.52. The van der Waals surface area contributed by atoms with Gasteiger partial charge in [0.2, 0.25) is 5.89 Å². The Balaban J connectivity index is 2.36. The van der Waals surface area contributed by atoms with Gasteiger partial charge in [0.15, 0.2) is 11.5 Å². The van der Waals surface area contributed by atoms with Crippen LogP contribution in [-0.2, 0) is 11.2 Å². The van der Waals surface area contributed by atoms with Crippen LogP contribution in [0.2, 0.25) is 0 Å². The Labute approximate surface area is 157 Å². The Morgan fingerprint density at radius 2 is 2.16 bits per heavy atom. The van der Waals surface area contributed by atoms with Crippen LogP contribution in [0.3, 0.4) is 0 Å². The third-order valence-corrected chi connectivity index (χ3v) is 4.44. The first kappa shape index (κ1) is 19.3. The summed E-state index contributed by atoms with van der Waals surface area (Å²) in [4.78, 5) is 11.6. The molecule has 25 heavy (non-hydrogen) atoms. The zero-order valence-electron chi connectivity index (χ0n) is 13.9. The minimum absolute atomic E-state index is 0.0458. The van der Waals surface area contributed by atoms with E-state index in [-0.39, 0.29) is 10.1 Å². The summed E-state index contributed by atoms with van der Waals surface area (Å²) >= 11 is 4.31. The number of carboxylic acids is 1. The van der Waals surface area contributed by atoms with E-state index in [1.54, 1.807) is 12.1 Å². The van der Waals surface area contributed by atoms with Crippen LogP contribution in [0.1, 0.15) is 25.3 Å². The van der Waals surface area contributed by atoms with E-state index in [1.807, 2.05) is 13.8 Å². The molecule has 0 unspecified atom stereocenters. The van der Waals surface area contributed by atoms with E-state index >= 15 is 0 Å². The summed E-state index contributed by atoms with van der Waals surface area (Å²) in [6, 6.07) is 3.45. The van der Waals surface area contributed by atoms with E-state index in [0.717, 1.165) is 11.8 Å². The van der Waals surface area contributed by atoms with Crippen LogP contribution in [-0.4, -0.2) is 35.0 Å². The molecule has 7 nitrogen and oxygen atoms in total. The molecule has 0 radical (unpaired) electrons. The number of aromatic nitrogens is 2. The van der Waals surface area contributed by atoms with Gasteiger partial charge in [0.05, 0.1) is 18.2 Å². The highest BCUT2D eigenvalue weighted by atomic mass is 79.9. The molecule has 9 heteroatoms. The van der Waals surface area contributed by atoms with Crippen molar-refractivity contribution < 1.29 is 23.8 Å². The molecule has 0 fully saturated rings. The molecule has 0 saturated carbocycles. The third-order valence-electron chi connectivity index (χ3n) is 3.00. The number of hydrogen-bond donors (Lipinski definition) is 1. The van der Waals surface area contributed by atoms with Crippen LogP contribution in [0.25, 0.3) is 6.08 Å². The van der Waals surface area contributed by atoms with Gasteiger partial charge in [0.25, 0.3) is 5.22 Å². The second-order valence-electron chi connectivity index (χ2n) is 4.70. The molecule has 0 aliphatic carbocycles. The van der Waals surface area contributed by atoms with Gasteiger partial charge in [-0.3, -0.25) is 0 Å². The normalized spacial score (nSPS) is 11.4. The van der Waals surface area contributed by atoms with E-state index in [4.69, 9.17) is 13.9 Å². The quantitative estimate of drug-likeness (QED) is 0.497. The first-order valence-corrected chi connectivity index (χ1v) is 9.04. The van der Waals surface area contributed by atoms with Crippen LogP contribution in [0.15, 0.2) is 31.2 Å². The molecule has 2 aromatic rings. The zero-order chi connectivity index (χ0) is 18.4. The monoisotopic (exact) mass is 428 g/mol. The maximum Gasteiger partial charge on any atom is 0.342 e. The van der Waals surface area contributed by atoms with Gasteiger partial charge < -0.3 is 19.0 Å². The van der Waals surface area contributed by atoms with Gasteiger partial charge >= 0.3 is 5.97 Å². The molecular weight excluding hydrogens is 412 g/mol. The molecule has 0 amide bonds. The number of aryl methyl sites for hydroxylation is 1. The summed E-state index contributed by atoms with van der Waals surface area (Å²) in [5.41, 5.74) is 0.632. The minimum Gasteiger partial charge on any atom is -0.493 e. The number of halogens is 1. The predicted molar refractivity (Wildman–Crippen MR) is 97.0 cm³/mol. The van der Waals surface area contributed by atoms with E-state index in [1.165, 1.54) is 13.2 Å². The van der Waals surface area contributed by atoms with Crippen molar-refractivity contribution in [3.05, 3.63) is 33.0 Å². The van der Waals surface area contributed by atoms with Crippen molar-refractivity contribution in [2.45, 2.75) is 25.5 Å². The van der Waals surface area contributed by atoms with Gasteiger partial charge in [0, 0.05) is 6.42 Å². The maximum absolute atomic E-state index is 11.5. The average molecular weight is 429 g/mol. The molecule has 0 bridgehead atoms. The van der Waals surface area contributed by atoms with Gasteiger partial charge in [-0.25, -0.2) is 4.79 Å². The third kappa shape index (κ3) is 4.99. The fourth-order valence-electron chi connectivity index (χ4n) is 1.91. The lowest BCUT2D eigenvalue weighted by Crippen LogP contribution is -1.99. The lowest BCUT2D eigenvalue weighted by molar-refractivity contribution is -0.131. The second kappa shape index (κ2) is 8.91. The maximum atomic E-state index is 11.5. The molecule has 0 aliphatic rings. The summed E-state index contributed by atoms with van der Waals surface area (Å²) in [5, 5.41) is 17.3. The summed E-state index contributed by atoms with van der Waals surface area (Å²) < 4.78 is 16.9. The van der Waals surface area contributed by atoms with Crippen LogP contribution >= 0.6 is 27.7 Å². The molecular formula is C16H17BrN2O5S. The number of ether oxygens (including phenoxy) is 2. The topological polar surface area (TPSA) is 94.7 Å². The summed E-state index contributed by atoms with van der Waals surface area (Å²) in [5.74, 6) is 0.433. The number of hydrogen-bond acceptors (Lipinski definition) is 7. The Hall–Kier alpha value is -2.00. The second-order valence-corrected chi connectivity index (χ2v) is 6.55. The van der Waals surface area contributed by atoms with Crippen LogP contribution in [0.4, 0.5) is 0 Å². The van der Waals surface area contributed by atoms with Gasteiger partial charge in [-0.1, -0.05) is 6.92 Å². The van der Waals surface area contributed by atoms with Crippen molar-refractivity contribution in [1.82, 2.24) is 10.2 Å². The van der Waals surface area contributed by atoms with E-state index in [0.29, 0.717) is 40.5 Å². The number of thioether (sulfide) groups is 1. The molecule has 0 atom stereocenters. The number of methoxy groups -OCH3 is 1.